The van der Waals surface area contributed by atoms with E-state index in [9.17, 15) is 9.59 Å². The lowest BCUT2D eigenvalue weighted by Crippen LogP contribution is -2.18. The number of carbonyl (C=O) groups is 2. The Morgan fingerprint density at radius 2 is 1.87 bits per heavy atom. The van der Waals surface area contributed by atoms with Crippen molar-refractivity contribution < 1.29 is 24.2 Å². The minimum Gasteiger partial charge on any atom is -0.493 e. The molecule has 0 heterocycles. The van der Waals surface area contributed by atoms with Gasteiger partial charge in [0.25, 0.3) is 5.91 Å². The van der Waals surface area contributed by atoms with Crippen LogP contribution in [0.2, 0.25) is 0 Å². The lowest BCUT2D eigenvalue weighted by molar-refractivity contribution is 0.0696. The number of halogens is 1. The number of nitrogens with one attached hydrogen (secondary N) is 1. The van der Waals surface area contributed by atoms with Crippen molar-refractivity contribution in [2.24, 2.45) is 5.10 Å². The molecule has 0 saturated carbocycles. The molecule has 0 fully saturated rings. The summed E-state index contributed by atoms with van der Waals surface area (Å²) in [6.07, 6.45) is 1.50. The number of rotatable bonds is 8. The predicted molar refractivity (Wildman–Crippen MR) is 120 cm³/mol. The topological polar surface area (TPSA) is 97.2 Å². The van der Waals surface area contributed by atoms with Crippen LogP contribution in [0.3, 0.4) is 0 Å². The maximum atomic E-state index is 12.2. The van der Waals surface area contributed by atoms with Crippen LogP contribution in [0.5, 0.6) is 11.5 Å². The number of carboxylic acids is 1. The van der Waals surface area contributed by atoms with E-state index < -0.39 is 5.97 Å². The van der Waals surface area contributed by atoms with Crippen molar-refractivity contribution in [3.63, 3.8) is 0 Å². The molecule has 3 rings (SSSR count). The van der Waals surface area contributed by atoms with Gasteiger partial charge in [0.05, 0.1) is 24.5 Å². The van der Waals surface area contributed by atoms with Gasteiger partial charge in [-0.15, -0.1) is 0 Å². The Hall–Kier alpha value is -3.65. The molecule has 158 valence electrons. The fourth-order valence-electron chi connectivity index (χ4n) is 2.71. The van der Waals surface area contributed by atoms with Crippen molar-refractivity contribution in [1.82, 2.24) is 5.43 Å². The molecule has 0 aliphatic heterocycles. The number of ether oxygens (including phenoxy) is 2. The fourth-order valence-corrected chi connectivity index (χ4v) is 3.17. The predicted octanol–water partition coefficient (Wildman–Crippen LogP) is 4.50. The van der Waals surface area contributed by atoms with Gasteiger partial charge in [0, 0.05) is 4.47 Å². The zero-order chi connectivity index (χ0) is 22.2. The highest BCUT2D eigenvalue weighted by Gasteiger charge is 2.09. The normalized spacial score (nSPS) is 10.6. The van der Waals surface area contributed by atoms with Gasteiger partial charge in [-0.1, -0.05) is 24.3 Å². The number of nitrogens with zero attached hydrogens (tertiary/aromatic N) is 1. The average molecular weight is 483 g/mol. The number of hydrogen-bond donors (Lipinski definition) is 2. The first-order chi connectivity index (χ1) is 15.0. The molecule has 0 unspecified atom stereocenters. The molecule has 3 aromatic rings. The summed E-state index contributed by atoms with van der Waals surface area (Å²) in [7, 11) is 1.52. The summed E-state index contributed by atoms with van der Waals surface area (Å²) in [6, 6.07) is 18.8. The van der Waals surface area contributed by atoms with Gasteiger partial charge >= 0.3 is 5.97 Å². The van der Waals surface area contributed by atoms with E-state index in [4.69, 9.17) is 14.6 Å². The van der Waals surface area contributed by atoms with Gasteiger partial charge in [-0.2, -0.15) is 5.10 Å². The number of hydrazone groups is 1. The Morgan fingerprint density at radius 1 is 1.06 bits per heavy atom. The molecule has 1 amide bonds. The Bertz CT molecular complexity index is 1130. The third kappa shape index (κ3) is 5.93. The molecule has 0 aliphatic rings. The van der Waals surface area contributed by atoms with Crippen LogP contribution < -0.4 is 14.9 Å². The second-order valence-electron chi connectivity index (χ2n) is 6.38. The van der Waals surface area contributed by atoms with E-state index in [2.05, 4.69) is 26.5 Å². The van der Waals surface area contributed by atoms with Crippen LogP contribution >= 0.6 is 15.9 Å². The quantitative estimate of drug-likeness (QED) is 0.363. The molecular formula is C23H19BrN2O5. The molecule has 3 aromatic carbocycles. The molecule has 31 heavy (non-hydrogen) atoms. The standard InChI is InChI=1S/C23H19BrN2O5/c1-30-21-12-15(13-25-26-22(27)18-7-2-3-8-19(18)24)9-10-20(21)31-14-16-5-4-6-17(11-16)23(28)29/h2-13H,14H2,1H3,(H,26,27)(H,28,29). The molecule has 0 bridgehead atoms. The van der Waals surface area contributed by atoms with E-state index in [0.29, 0.717) is 27.1 Å². The van der Waals surface area contributed by atoms with Crippen molar-refractivity contribution in [2.75, 3.05) is 7.11 Å². The Balaban J connectivity index is 1.65. The molecule has 0 radical (unpaired) electrons. The first-order valence-electron chi connectivity index (χ1n) is 9.19. The first-order valence-corrected chi connectivity index (χ1v) is 9.98. The summed E-state index contributed by atoms with van der Waals surface area (Å²) < 4.78 is 11.8. The van der Waals surface area contributed by atoms with Crippen LogP contribution in [0.1, 0.15) is 31.8 Å². The summed E-state index contributed by atoms with van der Waals surface area (Å²) >= 11 is 3.33. The summed E-state index contributed by atoms with van der Waals surface area (Å²) in [6.45, 7) is 0.187. The highest BCUT2D eigenvalue weighted by molar-refractivity contribution is 9.10. The van der Waals surface area contributed by atoms with Gasteiger partial charge in [0.15, 0.2) is 11.5 Å². The minimum absolute atomic E-state index is 0.187. The maximum absolute atomic E-state index is 12.2. The number of hydrogen-bond acceptors (Lipinski definition) is 5. The van der Waals surface area contributed by atoms with Crippen LogP contribution in [-0.2, 0) is 6.61 Å². The Labute approximate surface area is 187 Å². The fraction of sp³-hybridized carbons (Fsp3) is 0.0870. The number of carbonyl (C=O) groups excluding carboxylic acids is 1. The lowest BCUT2D eigenvalue weighted by atomic mass is 10.1. The third-order valence-corrected chi connectivity index (χ3v) is 4.95. The molecule has 7 nitrogen and oxygen atoms in total. The van der Waals surface area contributed by atoms with Gasteiger partial charge in [-0.3, -0.25) is 4.79 Å². The van der Waals surface area contributed by atoms with Gasteiger partial charge in [0.1, 0.15) is 6.61 Å². The van der Waals surface area contributed by atoms with Crippen LogP contribution in [0.25, 0.3) is 0 Å². The highest BCUT2D eigenvalue weighted by Crippen LogP contribution is 2.28. The zero-order valence-electron chi connectivity index (χ0n) is 16.5. The number of benzene rings is 3. The average Bonchev–Trinajstić information content (AvgIpc) is 2.78. The number of aromatic carboxylic acids is 1. The first kappa shape index (κ1) is 22.0. The molecule has 0 atom stereocenters. The second-order valence-corrected chi connectivity index (χ2v) is 7.24. The Kier molecular flexibility index (Phi) is 7.40. The SMILES string of the molecule is COc1cc(C=NNC(=O)c2ccccc2Br)ccc1OCc1cccc(C(=O)O)c1. The number of methoxy groups -OCH3 is 1. The van der Waals surface area contributed by atoms with Crippen LogP contribution in [-0.4, -0.2) is 30.3 Å². The van der Waals surface area contributed by atoms with Crippen molar-refractivity contribution >= 4 is 34.0 Å². The van der Waals surface area contributed by atoms with Crippen LogP contribution in [0, 0.1) is 0 Å². The number of amides is 1. The zero-order valence-corrected chi connectivity index (χ0v) is 18.1. The van der Waals surface area contributed by atoms with Crippen molar-refractivity contribution in [3.05, 3.63) is 93.5 Å². The highest BCUT2D eigenvalue weighted by atomic mass is 79.9. The molecule has 0 aromatic heterocycles. The molecule has 2 N–H and O–H groups in total. The second kappa shape index (κ2) is 10.4. The van der Waals surface area contributed by atoms with E-state index in [0.717, 1.165) is 5.56 Å². The van der Waals surface area contributed by atoms with Crippen molar-refractivity contribution in [3.8, 4) is 11.5 Å². The monoisotopic (exact) mass is 482 g/mol. The maximum Gasteiger partial charge on any atom is 0.335 e. The van der Waals surface area contributed by atoms with Crippen molar-refractivity contribution in [1.29, 1.82) is 0 Å². The lowest BCUT2D eigenvalue weighted by Gasteiger charge is -2.11. The van der Waals surface area contributed by atoms with Gasteiger partial charge in [-0.25, -0.2) is 10.2 Å². The van der Waals surface area contributed by atoms with Gasteiger partial charge < -0.3 is 14.6 Å². The van der Waals surface area contributed by atoms with E-state index in [-0.39, 0.29) is 18.1 Å². The molecule has 0 aliphatic carbocycles. The summed E-state index contributed by atoms with van der Waals surface area (Å²) in [5.74, 6) is -0.345. The molecular weight excluding hydrogens is 464 g/mol. The third-order valence-electron chi connectivity index (χ3n) is 4.25. The van der Waals surface area contributed by atoms with Gasteiger partial charge in [0.2, 0.25) is 0 Å². The van der Waals surface area contributed by atoms with E-state index in [1.807, 2.05) is 6.07 Å². The van der Waals surface area contributed by atoms with E-state index in [1.54, 1.807) is 54.6 Å². The van der Waals surface area contributed by atoms with Crippen LogP contribution in [0.4, 0.5) is 0 Å². The largest absolute Gasteiger partial charge is 0.493 e. The molecule has 0 spiro atoms. The van der Waals surface area contributed by atoms with Crippen molar-refractivity contribution in [2.45, 2.75) is 6.61 Å². The molecule has 0 saturated heterocycles. The number of carboxylic acid groups (broad SMARTS) is 1. The minimum atomic E-state index is -0.991. The van der Waals surface area contributed by atoms with E-state index >= 15 is 0 Å². The van der Waals surface area contributed by atoms with Gasteiger partial charge in [-0.05, 0) is 69.5 Å². The summed E-state index contributed by atoms with van der Waals surface area (Å²) in [4.78, 5) is 23.3. The summed E-state index contributed by atoms with van der Waals surface area (Å²) in [5.41, 5.74) is 4.58. The smallest absolute Gasteiger partial charge is 0.335 e. The Morgan fingerprint density at radius 3 is 2.61 bits per heavy atom. The summed E-state index contributed by atoms with van der Waals surface area (Å²) in [5, 5.41) is 13.1. The van der Waals surface area contributed by atoms with Crippen LogP contribution in [0.15, 0.2) is 76.3 Å². The van der Waals surface area contributed by atoms with E-state index in [1.165, 1.54) is 19.4 Å². The molecule has 8 heteroatoms.